The second kappa shape index (κ2) is 4.33. The summed E-state index contributed by atoms with van der Waals surface area (Å²) in [5.74, 6) is -1.83. The average molecular weight is 252 g/mol. The number of benzene rings is 1. The van der Waals surface area contributed by atoms with Crippen LogP contribution in [0.1, 0.15) is 11.4 Å². The Balaban J connectivity index is 2.73. The number of H-pyrrole nitrogens is 1. The SMILES string of the molecule is Cc1nc(-c2cccc(F)c2F)c(=S)[nH]c1C. The van der Waals surface area contributed by atoms with Crippen molar-refractivity contribution in [3.05, 3.63) is 45.9 Å². The fourth-order valence-electron chi connectivity index (χ4n) is 1.49. The van der Waals surface area contributed by atoms with E-state index in [-0.39, 0.29) is 11.3 Å². The molecule has 88 valence electrons. The van der Waals surface area contributed by atoms with Crippen molar-refractivity contribution in [2.24, 2.45) is 0 Å². The van der Waals surface area contributed by atoms with Gasteiger partial charge in [-0.25, -0.2) is 13.8 Å². The number of aromatic nitrogens is 2. The predicted octanol–water partition coefficient (Wildman–Crippen LogP) is 3.70. The molecule has 2 aromatic rings. The molecule has 0 spiro atoms. The summed E-state index contributed by atoms with van der Waals surface area (Å²) >= 11 is 5.08. The lowest BCUT2D eigenvalue weighted by molar-refractivity contribution is 0.511. The minimum atomic E-state index is -0.928. The van der Waals surface area contributed by atoms with Gasteiger partial charge in [0, 0.05) is 11.3 Å². The van der Waals surface area contributed by atoms with Crippen LogP contribution in [0, 0.1) is 30.1 Å². The molecule has 0 bridgehead atoms. The third-order valence-electron chi connectivity index (χ3n) is 2.55. The first-order chi connectivity index (χ1) is 8.00. The Kier molecular flexibility index (Phi) is 3.02. The van der Waals surface area contributed by atoms with Gasteiger partial charge in [-0.05, 0) is 26.0 Å². The largest absolute Gasteiger partial charge is 0.347 e. The summed E-state index contributed by atoms with van der Waals surface area (Å²) < 4.78 is 27.1. The molecule has 5 heteroatoms. The summed E-state index contributed by atoms with van der Waals surface area (Å²) in [5, 5.41) is 0. The molecular formula is C12H10F2N2S. The number of hydrogen-bond acceptors (Lipinski definition) is 2. The number of rotatable bonds is 1. The van der Waals surface area contributed by atoms with Crippen LogP contribution in [0.15, 0.2) is 18.2 Å². The van der Waals surface area contributed by atoms with Crippen molar-refractivity contribution in [2.45, 2.75) is 13.8 Å². The molecule has 0 saturated carbocycles. The minimum Gasteiger partial charge on any atom is -0.347 e. The van der Waals surface area contributed by atoms with E-state index in [9.17, 15) is 8.78 Å². The van der Waals surface area contributed by atoms with Crippen molar-refractivity contribution in [3.63, 3.8) is 0 Å². The molecule has 1 aromatic carbocycles. The molecule has 0 aliphatic rings. The molecule has 1 N–H and O–H groups in total. The molecule has 0 fully saturated rings. The fraction of sp³-hybridized carbons (Fsp3) is 0.167. The Morgan fingerprint density at radius 1 is 1.24 bits per heavy atom. The highest BCUT2D eigenvalue weighted by molar-refractivity contribution is 7.71. The van der Waals surface area contributed by atoms with Gasteiger partial charge in [0.2, 0.25) is 0 Å². The first-order valence-electron chi connectivity index (χ1n) is 5.02. The molecule has 0 radical (unpaired) electrons. The maximum Gasteiger partial charge on any atom is 0.168 e. The normalized spacial score (nSPS) is 10.6. The van der Waals surface area contributed by atoms with E-state index in [2.05, 4.69) is 9.97 Å². The summed E-state index contributed by atoms with van der Waals surface area (Å²) in [6.07, 6.45) is 0. The van der Waals surface area contributed by atoms with Gasteiger partial charge in [0.15, 0.2) is 11.6 Å². The van der Waals surface area contributed by atoms with E-state index in [1.54, 1.807) is 6.92 Å². The van der Waals surface area contributed by atoms with Crippen molar-refractivity contribution >= 4 is 12.2 Å². The molecule has 0 aliphatic carbocycles. The zero-order valence-corrected chi connectivity index (χ0v) is 10.2. The van der Waals surface area contributed by atoms with Gasteiger partial charge in [-0.1, -0.05) is 18.3 Å². The van der Waals surface area contributed by atoms with Gasteiger partial charge in [0.25, 0.3) is 0 Å². The molecular weight excluding hydrogens is 242 g/mol. The van der Waals surface area contributed by atoms with E-state index < -0.39 is 11.6 Å². The van der Waals surface area contributed by atoms with Crippen LogP contribution in [0.25, 0.3) is 11.3 Å². The second-order valence-corrected chi connectivity index (χ2v) is 4.13. The summed E-state index contributed by atoms with van der Waals surface area (Å²) in [5.41, 5.74) is 1.86. The Morgan fingerprint density at radius 2 is 1.94 bits per heavy atom. The number of aromatic amines is 1. The molecule has 17 heavy (non-hydrogen) atoms. The van der Waals surface area contributed by atoms with Crippen LogP contribution in [-0.4, -0.2) is 9.97 Å². The molecule has 2 rings (SSSR count). The van der Waals surface area contributed by atoms with E-state index in [4.69, 9.17) is 12.2 Å². The van der Waals surface area contributed by atoms with Crippen LogP contribution in [0.3, 0.4) is 0 Å². The monoisotopic (exact) mass is 252 g/mol. The molecule has 1 heterocycles. The van der Waals surface area contributed by atoms with Crippen molar-refractivity contribution in [2.75, 3.05) is 0 Å². The summed E-state index contributed by atoms with van der Waals surface area (Å²) in [6.45, 7) is 3.60. The van der Waals surface area contributed by atoms with Crippen LogP contribution in [0.5, 0.6) is 0 Å². The van der Waals surface area contributed by atoms with Gasteiger partial charge in [-0.15, -0.1) is 0 Å². The van der Waals surface area contributed by atoms with Crippen molar-refractivity contribution in [1.29, 1.82) is 0 Å². The molecule has 0 saturated heterocycles. The Hall–Kier alpha value is -1.62. The highest BCUT2D eigenvalue weighted by Crippen LogP contribution is 2.23. The fourth-order valence-corrected chi connectivity index (χ4v) is 1.80. The molecule has 2 nitrogen and oxygen atoms in total. The third-order valence-corrected chi connectivity index (χ3v) is 2.84. The number of nitrogens with zero attached hydrogens (tertiary/aromatic N) is 1. The van der Waals surface area contributed by atoms with Gasteiger partial charge < -0.3 is 4.98 Å². The number of nitrogens with one attached hydrogen (secondary N) is 1. The molecule has 1 aromatic heterocycles. The number of aryl methyl sites for hydroxylation is 2. The zero-order valence-electron chi connectivity index (χ0n) is 9.34. The van der Waals surface area contributed by atoms with E-state index in [1.165, 1.54) is 12.1 Å². The maximum atomic E-state index is 13.6. The Labute approximate surface area is 102 Å². The molecule has 0 unspecified atom stereocenters. The Morgan fingerprint density at radius 3 is 2.65 bits per heavy atom. The third kappa shape index (κ3) is 2.10. The second-order valence-electron chi connectivity index (χ2n) is 3.73. The molecule has 0 aliphatic heterocycles. The average Bonchev–Trinajstić information content (AvgIpc) is 2.28. The summed E-state index contributed by atoms with van der Waals surface area (Å²) in [7, 11) is 0. The first-order valence-corrected chi connectivity index (χ1v) is 5.43. The first kappa shape index (κ1) is 11.9. The van der Waals surface area contributed by atoms with Gasteiger partial charge in [0.1, 0.15) is 10.3 Å². The van der Waals surface area contributed by atoms with Crippen LogP contribution in [0.4, 0.5) is 8.78 Å². The van der Waals surface area contributed by atoms with Crippen molar-refractivity contribution in [3.8, 4) is 11.3 Å². The van der Waals surface area contributed by atoms with Gasteiger partial charge in [0.05, 0.1) is 5.69 Å². The standard InChI is InChI=1S/C12H10F2N2S/c1-6-7(2)16-12(17)11(15-6)8-4-3-5-9(13)10(8)14/h3-5H,1-2H3,(H,16,17). The van der Waals surface area contributed by atoms with E-state index in [1.807, 2.05) is 6.92 Å². The van der Waals surface area contributed by atoms with Gasteiger partial charge >= 0.3 is 0 Å². The smallest absolute Gasteiger partial charge is 0.168 e. The van der Waals surface area contributed by atoms with E-state index >= 15 is 0 Å². The molecule has 0 atom stereocenters. The lowest BCUT2D eigenvalue weighted by atomic mass is 10.1. The number of halogens is 2. The van der Waals surface area contributed by atoms with E-state index in [0.717, 1.165) is 11.8 Å². The topological polar surface area (TPSA) is 28.7 Å². The van der Waals surface area contributed by atoms with Crippen molar-refractivity contribution < 1.29 is 8.78 Å². The summed E-state index contributed by atoms with van der Waals surface area (Å²) in [4.78, 5) is 7.12. The van der Waals surface area contributed by atoms with E-state index in [0.29, 0.717) is 10.3 Å². The Bertz CT molecular complexity index is 635. The maximum absolute atomic E-state index is 13.6. The van der Waals surface area contributed by atoms with Gasteiger partial charge in [-0.2, -0.15) is 0 Å². The quantitative estimate of drug-likeness (QED) is 0.784. The lowest BCUT2D eigenvalue weighted by Crippen LogP contribution is -1.98. The predicted molar refractivity (Wildman–Crippen MR) is 64.2 cm³/mol. The van der Waals surface area contributed by atoms with Crippen LogP contribution >= 0.6 is 12.2 Å². The van der Waals surface area contributed by atoms with Crippen LogP contribution in [0.2, 0.25) is 0 Å². The van der Waals surface area contributed by atoms with Crippen molar-refractivity contribution in [1.82, 2.24) is 9.97 Å². The van der Waals surface area contributed by atoms with Gasteiger partial charge in [-0.3, -0.25) is 0 Å². The summed E-state index contributed by atoms with van der Waals surface area (Å²) in [6, 6.07) is 3.95. The number of hydrogen-bond donors (Lipinski definition) is 1. The molecule has 0 amide bonds. The zero-order chi connectivity index (χ0) is 12.6. The minimum absolute atomic E-state index is 0.0781. The highest BCUT2D eigenvalue weighted by atomic mass is 32.1. The highest BCUT2D eigenvalue weighted by Gasteiger charge is 2.13. The van der Waals surface area contributed by atoms with Crippen LogP contribution in [-0.2, 0) is 0 Å². The van der Waals surface area contributed by atoms with Crippen LogP contribution < -0.4 is 0 Å². The lowest BCUT2D eigenvalue weighted by Gasteiger charge is -2.06.